The van der Waals surface area contributed by atoms with Gasteiger partial charge in [0.05, 0.1) is 0 Å². The Balaban J connectivity index is 1.99. The lowest BCUT2D eigenvalue weighted by Gasteiger charge is -2.10. The van der Waals surface area contributed by atoms with Crippen molar-refractivity contribution in [3.05, 3.63) is 92.9 Å². The molecule has 4 aromatic rings. The van der Waals surface area contributed by atoms with Gasteiger partial charge in [0.25, 0.3) is 0 Å². The first-order valence-corrected chi connectivity index (χ1v) is 9.14. The number of halogens is 2. The number of carbonyl (C=O) groups is 1. The first-order valence-electron chi connectivity index (χ1n) is 7.56. The summed E-state index contributed by atoms with van der Waals surface area (Å²) in [6.45, 7) is 0. The zero-order chi connectivity index (χ0) is 16.7. The summed E-state index contributed by atoms with van der Waals surface area (Å²) in [5.74, 6) is 0.0439. The summed E-state index contributed by atoms with van der Waals surface area (Å²) in [5.41, 5.74) is 1.45. The van der Waals surface area contributed by atoms with Gasteiger partial charge in [-0.3, -0.25) is 4.79 Å². The maximum Gasteiger partial charge on any atom is 0.194 e. The molecule has 0 aliphatic carbocycles. The van der Waals surface area contributed by atoms with Crippen LogP contribution in [0.5, 0.6) is 0 Å². The smallest absolute Gasteiger partial charge is 0.194 e. The van der Waals surface area contributed by atoms with E-state index in [1.165, 1.54) is 0 Å². The van der Waals surface area contributed by atoms with Gasteiger partial charge >= 0.3 is 0 Å². The third-order valence-electron chi connectivity index (χ3n) is 4.23. The number of hydrogen-bond acceptors (Lipinski definition) is 1. The minimum atomic E-state index is 0.0439. The maximum absolute atomic E-state index is 13.3. The second kappa shape index (κ2) is 6.15. The van der Waals surface area contributed by atoms with E-state index in [4.69, 9.17) is 0 Å². The van der Waals surface area contributed by atoms with Crippen LogP contribution in [0, 0.1) is 0 Å². The molecule has 0 fully saturated rings. The Morgan fingerprint density at radius 1 is 0.542 bits per heavy atom. The lowest BCUT2D eigenvalue weighted by molar-refractivity contribution is 0.104. The van der Waals surface area contributed by atoms with Crippen LogP contribution in [0.25, 0.3) is 21.5 Å². The molecule has 0 heterocycles. The van der Waals surface area contributed by atoms with Crippen LogP contribution in [0.3, 0.4) is 0 Å². The van der Waals surface area contributed by atoms with E-state index in [0.717, 1.165) is 41.6 Å². The number of fused-ring (bicyclic) bond motifs is 2. The first-order chi connectivity index (χ1) is 11.7. The fraction of sp³-hybridized carbons (Fsp3) is 0. The summed E-state index contributed by atoms with van der Waals surface area (Å²) in [6, 6.07) is 23.6. The Labute approximate surface area is 156 Å². The standard InChI is InChI=1S/C21H12Br2O/c22-19-11-9-17(13-5-1-3-7-15(13)19)21(24)18-10-12-20(23)16-8-4-2-6-14(16)18/h1-12H. The predicted octanol–water partition coefficient (Wildman–Crippen LogP) is 6.75. The summed E-state index contributed by atoms with van der Waals surface area (Å²) < 4.78 is 1.99. The van der Waals surface area contributed by atoms with Gasteiger partial charge in [-0.1, -0.05) is 80.4 Å². The van der Waals surface area contributed by atoms with E-state index in [-0.39, 0.29) is 5.78 Å². The van der Waals surface area contributed by atoms with Crippen molar-refractivity contribution in [3.63, 3.8) is 0 Å². The Morgan fingerprint density at radius 2 is 0.917 bits per heavy atom. The average Bonchev–Trinajstić information content (AvgIpc) is 2.62. The molecule has 3 heteroatoms. The van der Waals surface area contributed by atoms with Gasteiger partial charge in [-0.25, -0.2) is 0 Å². The molecule has 0 saturated carbocycles. The van der Waals surface area contributed by atoms with E-state index in [1.54, 1.807) is 0 Å². The molecule has 4 rings (SSSR count). The van der Waals surface area contributed by atoms with Crippen molar-refractivity contribution in [1.29, 1.82) is 0 Å². The van der Waals surface area contributed by atoms with Crippen LogP contribution in [0.1, 0.15) is 15.9 Å². The van der Waals surface area contributed by atoms with Crippen LogP contribution < -0.4 is 0 Å². The summed E-state index contributed by atoms with van der Waals surface area (Å²) in [5, 5.41) is 4.02. The number of hydrogen-bond donors (Lipinski definition) is 0. The van der Waals surface area contributed by atoms with E-state index in [9.17, 15) is 4.79 Å². The molecule has 116 valence electrons. The van der Waals surface area contributed by atoms with Crippen molar-refractivity contribution < 1.29 is 4.79 Å². The maximum atomic E-state index is 13.3. The molecule has 0 atom stereocenters. The van der Waals surface area contributed by atoms with Crippen molar-refractivity contribution in [2.75, 3.05) is 0 Å². The lowest BCUT2D eigenvalue weighted by atomic mass is 9.94. The highest BCUT2D eigenvalue weighted by Gasteiger charge is 2.16. The van der Waals surface area contributed by atoms with Gasteiger partial charge in [0.15, 0.2) is 5.78 Å². The fourth-order valence-electron chi connectivity index (χ4n) is 3.07. The van der Waals surface area contributed by atoms with E-state index in [0.29, 0.717) is 0 Å². The second-order valence-corrected chi connectivity index (χ2v) is 7.32. The zero-order valence-electron chi connectivity index (χ0n) is 12.6. The van der Waals surface area contributed by atoms with Crippen LogP contribution in [0.4, 0.5) is 0 Å². The molecule has 0 saturated heterocycles. The quantitative estimate of drug-likeness (QED) is 0.315. The second-order valence-electron chi connectivity index (χ2n) is 5.61. The van der Waals surface area contributed by atoms with Crippen LogP contribution >= 0.6 is 31.9 Å². The van der Waals surface area contributed by atoms with E-state index >= 15 is 0 Å². The summed E-state index contributed by atoms with van der Waals surface area (Å²) in [6.07, 6.45) is 0. The van der Waals surface area contributed by atoms with Gasteiger partial charge in [0.1, 0.15) is 0 Å². The van der Waals surface area contributed by atoms with Crippen molar-refractivity contribution >= 4 is 59.2 Å². The van der Waals surface area contributed by atoms with Crippen molar-refractivity contribution in [2.45, 2.75) is 0 Å². The highest BCUT2D eigenvalue weighted by molar-refractivity contribution is 9.11. The molecule has 0 bridgehead atoms. The largest absolute Gasteiger partial charge is 0.289 e. The predicted molar refractivity (Wildman–Crippen MR) is 107 cm³/mol. The first kappa shape index (κ1) is 15.6. The molecular weight excluding hydrogens is 428 g/mol. The van der Waals surface area contributed by atoms with Gasteiger partial charge in [0.2, 0.25) is 0 Å². The van der Waals surface area contributed by atoms with Gasteiger partial charge < -0.3 is 0 Å². The number of benzene rings is 4. The van der Waals surface area contributed by atoms with Gasteiger partial charge in [-0.05, 0) is 45.8 Å². The van der Waals surface area contributed by atoms with Gasteiger partial charge in [0, 0.05) is 20.1 Å². The molecule has 0 radical (unpaired) electrons. The van der Waals surface area contributed by atoms with Crippen molar-refractivity contribution in [2.24, 2.45) is 0 Å². The molecule has 0 aliphatic rings. The van der Waals surface area contributed by atoms with Crippen LogP contribution in [0.15, 0.2) is 81.7 Å². The summed E-state index contributed by atoms with van der Waals surface area (Å²) >= 11 is 7.14. The molecule has 0 N–H and O–H groups in total. The number of ketones is 1. The molecule has 24 heavy (non-hydrogen) atoms. The Morgan fingerprint density at radius 3 is 1.33 bits per heavy atom. The Kier molecular flexibility index (Phi) is 3.99. The summed E-state index contributed by atoms with van der Waals surface area (Å²) in [7, 11) is 0. The van der Waals surface area contributed by atoms with Crippen LogP contribution in [-0.4, -0.2) is 5.78 Å². The van der Waals surface area contributed by atoms with E-state index in [2.05, 4.69) is 31.9 Å². The normalized spacial score (nSPS) is 11.1. The third kappa shape index (κ3) is 2.48. The molecule has 0 unspecified atom stereocenters. The fourth-order valence-corrected chi connectivity index (χ4v) is 4.02. The molecule has 0 aromatic heterocycles. The monoisotopic (exact) mass is 438 g/mol. The summed E-state index contributed by atoms with van der Waals surface area (Å²) in [4.78, 5) is 13.3. The average molecular weight is 440 g/mol. The molecule has 0 aliphatic heterocycles. The minimum absolute atomic E-state index is 0.0439. The highest BCUT2D eigenvalue weighted by atomic mass is 79.9. The zero-order valence-corrected chi connectivity index (χ0v) is 15.8. The third-order valence-corrected chi connectivity index (χ3v) is 5.61. The van der Waals surface area contributed by atoms with Crippen molar-refractivity contribution in [3.8, 4) is 0 Å². The molecule has 1 nitrogen and oxygen atoms in total. The SMILES string of the molecule is O=C(c1ccc(Br)c2ccccc12)c1ccc(Br)c2ccccc12. The van der Waals surface area contributed by atoms with Gasteiger partial charge in [-0.15, -0.1) is 0 Å². The molecule has 0 spiro atoms. The van der Waals surface area contributed by atoms with Crippen molar-refractivity contribution in [1.82, 2.24) is 0 Å². The lowest BCUT2D eigenvalue weighted by Crippen LogP contribution is -2.03. The highest BCUT2D eigenvalue weighted by Crippen LogP contribution is 2.32. The van der Waals surface area contributed by atoms with Gasteiger partial charge in [-0.2, -0.15) is 0 Å². The number of rotatable bonds is 2. The minimum Gasteiger partial charge on any atom is -0.289 e. The molecular formula is C21H12Br2O. The Bertz CT molecular complexity index is 1010. The molecule has 0 amide bonds. The van der Waals surface area contributed by atoms with E-state index < -0.39 is 0 Å². The van der Waals surface area contributed by atoms with E-state index in [1.807, 2.05) is 72.8 Å². The van der Waals surface area contributed by atoms with Crippen LogP contribution in [0.2, 0.25) is 0 Å². The molecule has 4 aromatic carbocycles. The topological polar surface area (TPSA) is 17.1 Å². The van der Waals surface area contributed by atoms with Crippen LogP contribution in [-0.2, 0) is 0 Å². The number of carbonyl (C=O) groups excluding carboxylic acids is 1. The Hall–Kier alpha value is -1.97.